The van der Waals surface area contributed by atoms with Gasteiger partial charge in [0.15, 0.2) is 17.7 Å². The number of halogens is 2. The van der Waals surface area contributed by atoms with Crippen molar-refractivity contribution in [3.05, 3.63) is 58.3 Å². The molecule has 0 unspecified atom stereocenters. The summed E-state index contributed by atoms with van der Waals surface area (Å²) in [6.07, 6.45) is -0.804. The molecule has 0 radical (unpaired) electrons. The Hall–Kier alpha value is -1.88. The number of aryl methyl sites for hydroxylation is 1. The van der Waals surface area contributed by atoms with E-state index in [4.69, 9.17) is 4.74 Å². The van der Waals surface area contributed by atoms with Crippen LogP contribution in [0.2, 0.25) is 0 Å². The molecule has 0 aromatic heterocycles. The first-order valence-electron chi connectivity index (χ1n) is 6.45. The molecule has 110 valence electrons. The molecular formula is C16H15BrFNO2. The van der Waals surface area contributed by atoms with E-state index in [1.807, 2.05) is 19.1 Å². The van der Waals surface area contributed by atoms with Crippen LogP contribution < -0.4 is 10.1 Å². The van der Waals surface area contributed by atoms with Crippen molar-refractivity contribution in [3.8, 4) is 5.75 Å². The maximum atomic E-state index is 13.7. The number of hydrogen-bond acceptors (Lipinski definition) is 2. The third kappa shape index (κ3) is 4.29. The van der Waals surface area contributed by atoms with Gasteiger partial charge in [-0.3, -0.25) is 4.79 Å². The minimum Gasteiger partial charge on any atom is -0.478 e. The first-order chi connectivity index (χ1) is 9.95. The van der Waals surface area contributed by atoms with Gasteiger partial charge in [-0.15, -0.1) is 0 Å². The van der Waals surface area contributed by atoms with Gasteiger partial charge in [0.05, 0.1) is 0 Å². The summed E-state index contributed by atoms with van der Waals surface area (Å²) in [4.78, 5) is 12.0. The molecule has 2 rings (SSSR count). The first-order valence-corrected chi connectivity index (χ1v) is 7.24. The summed E-state index contributed by atoms with van der Waals surface area (Å²) >= 11 is 3.17. The van der Waals surface area contributed by atoms with E-state index >= 15 is 0 Å². The molecule has 0 aliphatic rings. The Morgan fingerprint density at radius 3 is 2.52 bits per heavy atom. The number of nitrogens with one attached hydrogen (secondary N) is 1. The molecule has 0 aliphatic heterocycles. The fourth-order valence-corrected chi connectivity index (χ4v) is 2.03. The Bertz CT molecular complexity index is 643. The SMILES string of the molecule is Cc1ccc(NC(=O)[C@@H](C)Oc2ccc(Br)cc2F)cc1. The number of benzene rings is 2. The second-order valence-electron chi connectivity index (χ2n) is 4.69. The lowest BCUT2D eigenvalue weighted by Crippen LogP contribution is -2.30. The minimum atomic E-state index is -0.804. The van der Waals surface area contributed by atoms with E-state index in [2.05, 4.69) is 21.2 Å². The van der Waals surface area contributed by atoms with Crippen LogP contribution in [0.15, 0.2) is 46.9 Å². The van der Waals surface area contributed by atoms with E-state index in [1.54, 1.807) is 25.1 Å². The molecule has 1 N–H and O–H groups in total. The van der Waals surface area contributed by atoms with Crippen LogP contribution in [0.25, 0.3) is 0 Å². The highest BCUT2D eigenvalue weighted by Crippen LogP contribution is 2.22. The van der Waals surface area contributed by atoms with Crippen molar-refractivity contribution in [2.75, 3.05) is 5.32 Å². The fraction of sp³-hybridized carbons (Fsp3) is 0.188. The molecule has 2 aromatic rings. The lowest BCUT2D eigenvalue weighted by atomic mass is 10.2. The van der Waals surface area contributed by atoms with E-state index in [1.165, 1.54) is 12.1 Å². The highest BCUT2D eigenvalue weighted by Gasteiger charge is 2.16. The predicted molar refractivity (Wildman–Crippen MR) is 84.0 cm³/mol. The maximum Gasteiger partial charge on any atom is 0.265 e. The lowest BCUT2D eigenvalue weighted by molar-refractivity contribution is -0.122. The molecule has 0 saturated heterocycles. The second-order valence-corrected chi connectivity index (χ2v) is 5.61. The normalized spacial score (nSPS) is 11.8. The molecular weight excluding hydrogens is 337 g/mol. The van der Waals surface area contributed by atoms with Crippen LogP contribution in [-0.4, -0.2) is 12.0 Å². The third-order valence-corrected chi connectivity index (χ3v) is 3.38. The highest BCUT2D eigenvalue weighted by atomic mass is 79.9. The van der Waals surface area contributed by atoms with Gasteiger partial charge in [0, 0.05) is 10.2 Å². The van der Waals surface area contributed by atoms with Crippen molar-refractivity contribution < 1.29 is 13.9 Å². The van der Waals surface area contributed by atoms with Gasteiger partial charge >= 0.3 is 0 Å². The van der Waals surface area contributed by atoms with Crippen LogP contribution in [0.5, 0.6) is 5.75 Å². The molecule has 3 nitrogen and oxygen atoms in total. The summed E-state index contributed by atoms with van der Waals surface area (Å²) in [5.41, 5.74) is 1.78. The van der Waals surface area contributed by atoms with Gasteiger partial charge in [-0.2, -0.15) is 0 Å². The largest absolute Gasteiger partial charge is 0.478 e. The summed E-state index contributed by atoms with van der Waals surface area (Å²) < 4.78 is 19.6. The number of rotatable bonds is 4. The van der Waals surface area contributed by atoms with Crippen molar-refractivity contribution in [2.24, 2.45) is 0 Å². The van der Waals surface area contributed by atoms with Gasteiger partial charge in [-0.25, -0.2) is 4.39 Å². The fourth-order valence-electron chi connectivity index (χ4n) is 1.70. The molecule has 1 atom stereocenters. The van der Waals surface area contributed by atoms with Crippen molar-refractivity contribution in [1.82, 2.24) is 0 Å². The van der Waals surface area contributed by atoms with Crippen molar-refractivity contribution in [2.45, 2.75) is 20.0 Å². The molecule has 0 fully saturated rings. The summed E-state index contributed by atoms with van der Waals surface area (Å²) in [5, 5.41) is 2.72. The van der Waals surface area contributed by atoms with Crippen LogP contribution >= 0.6 is 15.9 Å². The molecule has 2 aromatic carbocycles. The lowest BCUT2D eigenvalue weighted by Gasteiger charge is -2.15. The average Bonchev–Trinajstić information content (AvgIpc) is 2.44. The van der Waals surface area contributed by atoms with Gasteiger partial charge in [0.25, 0.3) is 5.91 Å². The molecule has 0 spiro atoms. The Labute approximate surface area is 131 Å². The summed E-state index contributed by atoms with van der Waals surface area (Å²) in [7, 11) is 0. The zero-order valence-electron chi connectivity index (χ0n) is 11.7. The van der Waals surface area contributed by atoms with Crippen LogP contribution in [0.3, 0.4) is 0 Å². The standard InChI is InChI=1S/C16H15BrFNO2/c1-10-3-6-13(7-4-10)19-16(20)11(2)21-15-8-5-12(17)9-14(15)18/h3-9,11H,1-2H3,(H,19,20)/t11-/m1/s1. The Morgan fingerprint density at radius 1 is 1.24 bits per heavy atom. The maximum absolute atomic E-state index is 13.7. The first kappa shape index (κ1) is 15.5. The zero-order chi connectivity index (χ0) is 15.4. The van der Waals surface area contributed by atoms with Gasteiger partial charge in [0.2, 0.25) is 0 Å². The number of hydrogen-bond donors (Lipinski definition) is 1. The number of anilines is 1. The number of amides is 1. The monoisotopic (exact) mass is 351 g/mol. The number of carbonyl (C=O) groups is 1. The molecule has 0 bridgehead atoms. The highest BCUT2D eigenvalue weighted by molar-refractivity contribution is 9.10. The Kier molecular flexibility index (Phi) is 4.96. The van der Waals surface area contributed by atoms with Crippen molar-refractivity contribution in [3.63, 3.8) is 0 Å². The van der Waals surface area contributed by atoms with Crippen LogP contribution in [0, 0.1) is 12.7 Å². The van der Waals surface area contributed by atoms with Gasteiger partial charge < -0.3 is 10.1 Å². The number of carbonyl (C=O) groups excluding carboxylic acids is 1. The topological polar surface area (TPSA) is 38.3 Å². The van der Waals surface area contributed by atoms with E-state index in [-0.39, 0.29) is 11.7 Å². The molecule has 5 heteroatoms. The minimum absolute atomic E-state index is 0.0461. The van der Waals surface area contributed by atoms with Crippen LogP contribution in [-0.2, 0) is 4.79 Å². The quantitative estimate of drug-likeness (QED) is 0.891. The van der Waals surface area contributed by atoms with Crippen LogP contribution in [0.4, 0.5) is 10.1 Å². The van der Waals surface area contributed by atoms with Gasteiger partial charge in [0.1, 0.15) is 0 Å². The molecule has 0 heterocycles. The van der Waals surface area contributed by atoms with E-state index in [0.717, 1.165) is 5.56 Å². The summed E-state index contributed by atoms with van der Waals surface area (Å²) in [6, 6.07) is 11.8. The van der Waals surface area contributed by atoms with Gasteiger partial charge in [-0.1, -0.05) is 33.6 Å². The Balaban J connectivity index is 2.00. The molecule has 0 aliphatic carbocycles. The van der Waals surface area contributed by atoms with Gasteiger partial charge in [-0.05, 0) is 44.2 Å². The molecule has 0 saturated carbocycles. The van der Waals surface area contributed by atoms with Crippen molar-refractivity contribution >= 4 is 27.5 Å². The van der Waals surface area contributed by atoms with Crippen molar-refractivity contribution in [1.29, 1.82) is 0 Å². The second kappa shape index (κ2) is 6.72. The smallest absolute Gasteiger partial charge is 0.265 e. The molecule has 21 heavy (non-hydrogen) atoms. The summed E-state index contributed by atoms with van der Waals surface area (Å²) in [6.45, 7) is 3.54. The van der Waals surface area contributed by atoms with E-state index < -0.39 is 11.9 Å². The third-order valence-electron chi connectivity index (χ3n) is 2.89. The van der Waals surface area contributed by atoms with E-state index in [9.17, 15) is 9.18 Å². The predicted octanol–water partition coefficient (Wildman–Crippen LogP) is 4.30. The number of ether oxygens (including phenoxy) is 1. The molecule has 1 amide bonds. The zero-order valence-corrected chi connectivity index (χ0v) is 13.3. The van der Waals surface area contributed by atoms with Crippen LogP contribution in [0.1, 0.15) is 12.5 Å². The summed E-state index contributed by atoms with van der Waals surface area (Å²) in [5.74, 6) is -0.801. The average molecular weight is 352 g/mol. The van der Waals surface area contributed by atoms with E-state index in [0.29, 0.717) is 10.2 Å². The Morgan fingerprint density at radius 2 is 1.90 bits per heavy atom.